The molecule has 1 aliphatic heterocycles. The first-order valence-corrected chi connectivity index (χ1v) is 11.9. The predicted molar refractivity (Wildman–Crippen MR) is 120 cm³/mol. The van der Waals surface area contributed by atoms with E-state index in [1.54, 1.807) is 25.1 Å². The zero-order valence-corrected chi connectivity index (χ0v) is 19.0. The second-order valence-electron chi connectivity index (χ2n) is 7.72. The molecule has 3 rings (SSSR count). The van der Waals surface area contributed by atoms with Gasteiger partial charge < -0.3 is 5.32 Å². The summed E-state index contributed by atoms with van der Waals surface area (Å²) in [5.74, 6) is -0.135. The lowest BCUT2D eigenvalue weighted by Gasteiger charge is -2.33. The summed E-state index contributed by atoms with van der Waals surface area (Å²) < 4.78 is 27.3. The van der Waals surface area contributed by atoms with Crippen LogP contribution >= 0.6 is 0 Å². The average Bonchev–Trinajstić information content (AvgIpc) is 2.74. The third kappa shape index (κ3) is 4.58. The molecule has 2 aromatic carbocycles. The van der Waals surface area contributed by atoms with E-state index in [0.29, 0.717) is 24.3 Å². The van der Waals surface area contributed by atoms with E-state index < -0.39 is 10.0 Å². The topological polar surface area (TPSA) is 69.7 Å². The van der Waals surface area contributed by atoms with Crippen molar-refractivity contribution in [3.05, 3.63) is 59.2 Å². The minimum Gasteiger partial charge on any atom is -0.325 e. The van der Waals surface area contributed by atoms with Crippen LogP contribution in [0.15, 0.2) is 47.4 Å². The van der Waals surface area contributed by atoms with Crippen molar-refractivity contribution in [1.82, 2.24) is 9.21 Å². The lowest BCUT2D eigenvalue weighted by atomic mass is 9.99. The van der Waals surface area contributed by atoms with Gasteiger partial charge >= 0.3 is 0 Å². The largest absolute Gasteiger partial charge is 0.325 e. The molecule has 0 spiro atoms. The van der Waals surface area contributed by atoms with Crippen LogP contribution in [0.2, 0.25) is 0 Å². The van der Waals surface area contributed by atoms with Crippen molar-refractivity contribution in [2.24, 2.45) is 0 Å². The molecule has 0 fully saturated rings. The van der Waals surface area contributed by atoms with Crippen LogP contribution < -0.4 is 5.32 Å². The Labute approximate surface area is 179 Å². The first-order chi connectivity index (χ1) is 14.3. The lowest BCUT2D eigenvalue weighted by molar-refractivity contribution is -0.121. The third-order valence-electron chi connectivity index (χ3n) is 5.87. The number of hydrogen-bond acceptors (Lipinski definition) is 4. The van der Waals surface area contributed by atoms with E-state index >= 15 is 0 Å². The van der Waals surface area contributed by atoms with Gasteiger partial charge in [0.1, 0.15) is 0 Å². The fourth-order valence-electron chi connectivity index (χ4n) is 3.92. The summed E-state index contributed by atoms with van der Waals surface area (Å²) >= 11 is 0. The molecule has 162 valence electrons. The van der Waals surface area contributed by atoms with Gasteiger partial charge in [-0.05, 0) is 49.1 Å². The molecular formula is C23H31N3O3S. The van der Waals surface area contributed by atoms with Crippen LogP contribution in [-0.2, 0) is 27.8 Å². The molecule has 6 nitrogen and oxygen atoms in total. The number of nitrogens with zero attached hydrogens (tertiary/aromatic N) is 2. The van der Waals surface area contributed by atoms with Crippen LogP contribution in [-0.4, -0.2) is 49.2 Å². The monoisotopic (exact) mass is 429 g/mol. The number of benzene rings is 2. The molecule has 0 saturated carbocycles. The van der Waals surface area contributed by atoms with Crippen LogP contribution in [0.4, 0.5) is 5.69 Å². The van der Waals surface area contributed by atoms with Gasteiger partial charge in [0.15, 0.2) is 0 Å². The Balaban J connectivity index is 1.76. The van der Waals surface area contributed by atoms with E-state index in [4.69, 9.17) is 0 Å². The Morgan fingerprint density at radius 1 is 1.13 bits per heavy atom. The van der Waals surface area contributed by atoms with Gasteiger partial charge in [-0.25, -0.2) is 8.42 Å². The maximum Gasteiger partial charge on any atom is 0.243 e. The highest BCUT2D eigenvalue weighted by Gasteiger charge is 2.27. The zero-order chi connectivity index (χ0) is 21.9. The predicted octanol–water partition coefficient (Wildman–Crippen LogP) is 3.41. The van der Waals surface area contributed by atoms with Crippen LogP contribution in [0.5, 0.6) is 0 Å². The Morgan fingerprint density at radius 3 is 2.47 bits per heavy atom. The number of nitrogens with one attached hydrogen (secondary N) is 1. The van der Waals surface area contributed by atoms with Crippen LogP contribution in [0.3, 0.4) is 0 Å². The van der Waals surface area contributed by atoms with E-state index in [-0.39, 0.29) is 16.8 Å². The summed E-state index contributed by atoms with van der Waals surface area (Å²) in [4.78, 5) is 15.3. The highest BCUT2D eigenvalue weighted by molar-refractivity contribution is 7.89. The van der Waals surface area contributed by atoms with E-state index in [1.807, 2.05) is 32.9 Å². The van der Waals surface area contributed by atoms with Crippen molar-refractivity contribution in [3.63, 3.8) is 0 Å². The Hall–Kier alpha value is -2.22. The molecule has 1 atom stereocenters. The Morgan fingerprint density at radius 2 is 1.80 bits per heavy atom. The Bertz CT molecular complexity index is 1020. The molecule has 1 heterocycles. The molecule has 30 heavy (non-hydrogen) atoms. The standard InChI is InChI=1S/C23H31N3O3S/c1-5-26(6-2)30(28,29)22-15-21(12-11-17(22)3)24-23(27)18(4)25-14-13-19-9-7-8-10-20(19)16-25/h7-12,15,18H,5-6,13-14,16H2,1-4H3,(H,24,27)/t18-/m0/s1. The highest BCUT2D eigenvalue weighted by atomic mass is 32.2. The van der Waals surface area contributed by atoms with Gasteiger partial charge in [-0.15, -0.1) is 0 Å². The van der Waals surface area contributed by atoms with Crippen molar-refractivity contribution in [1.29, 1.82) is 0 Å². The number of anilines is 1. The molecule has 0 saturated heterocycles. The van der Waals surface area contributed by atoms with Crippen molar-refractivity contribution < 1.29 is 13.2 Å². The van der Waals surface area contributed by atoms with Crippen molar-refractivity contribution in [3.8, 4) is 0 Å². The molecule has 0 radical (unpaired) electrons. The van der Waals surface area contributed by atoms with Crippen molar-refractivity contribution in [2.45, 2.75) is 51.6 Å². The van der Waals surface area contributed by atoms with Gasteiger partial charge in [0.05, 0.1) is 10.9 Å². The van der Waals surface area contributed by atoms with Gasteiger partial charge in [0.25, 0.3) is 0 Å². The number of sulfonamides is 1. The van der Waals surface area contributed by atoms with Crippen LogP contribution in [0, 0.1) is 6.92 Å². The normalized spacial score (nSPS) is 15.6. The number of fused-ring (bicyclic) bond motifs is 1. The highest BCUT2D eigenvalue weighted by Crippen LogP contribution is 2.25. The Kier molecular flexibility index (Phi) is 6.95. The molecule has 2 aromatic rings. The van der Waals surface area contributed by atoms with Gasteiger partial charge in [-0.2, -0.15) is 4.31 Å². The van der Waals surface area contributed by atoms with Gasteiger partial charge in [0, 0.05) is 31.9 Å². The van der Waals surface area contributed by atoms with Crippen LogP contribution in [0.25, 0.3) is 0 Å². The summed E-state index contributed by atoms with van der Waals surface area (Å²) in [7, 11) is -3.59. The second kappa shape index (κ2) is 9.29. The maximum absolute atomic E-state index is 13.0. The van der Waals surface area contributed by atoms with Crippen LogP contribution in [0.1, 0.15) is 37.5 Å². The molecular weight excluding hydrogens is 398 g/mol. The summed E-state index contributed by atoms with van der Waals surface area (Å²) in [6.07, 6.45) is 0.921. The van der Waals surface area contributed by atoms with E-state index in [0.717, 1.165) is 19.5 Å². The SMILES string of the molecule is CCN(CC)S(=O)(=O)c1cc(NC(=O)[C@H](C)N2CCc3ccccc3C2)ccc1C. The first kappa shape index (κ1) is 22.5. The van der Waals surface area contributed by atoms with Gasteiger partial charge in [-0.3, -0.25) is 9.69 Å². The van der Waals surface area contributed by atoms with Gasteiger partial charge in [0.2, 0.25) is 15.9 Å². The number of amides is 1. The fourth-order valence-corrected chi connectivity index (χ4v) is 5.63. The van der Waals surface area contributed by atoms with E-state index in [2.05, 4.69) is 22.3 Å². The smallest absolute Gasteiger partial charge is 0.243 e. The quantitative estimate of drug-likeness (QED) is 0.732. The number of hydrogen-bond donors (Lipinski definition) is 1. The first-order valence-electron chi connectivity index (χ1n) is 10.5. The number of carbonyl (C=O) groups is 1. The molecule has 0 aromatic heterocycles. The molecule has 1 amide bonds. The van der Waals surface area contributed by atoms with E-state index in [1.165, 1.54) is 15.4 Å². The minimum absolute atomic E-state index is 0.135. The number of rotatable bonds is 7. The zero-order valence-electron chi connectivity index (χ0n) is 18.2. The van der Waals surface area contributed by atoms with E-state index in [9.17, 15) is 13.2 Å². The second-order valence-corrected chi connectivity index (χ2v) is 9.63. The lowest BCUT2D eigenvalue weighted by Crippen LogP contribution is -2.44. The molecule has 1 aliphatic rings. The molecule has 1 N–H and O–H groups in total. The molecule has 0 bridgehead atoms. The summed E-state index contributed by atoms with van der Waals surface area (Å²) in [5, 5.41) is 2.91. The number of aryl methyl sites for hydroxylation is 1. The number of carbonyl (C=O) groups excluding carboxylic acids is 1. The molecule has 0 aliphatic carbocycles. The summed E-state index contributed by atoms with van der Waals surface area (Å²) in [6, 6.07) is 13.1. The maximum atomic E-state index is 13.0. The minimum atomic E-state index is -3.59. The summed E-state index contributed by atoms with van der Waals surface area (Å²) in [6.45, 7) is 9.67. The summed E-state index contributed by atoms with van der Waals surface area (Å²) in [5.41, 5.74) is 3.76. The molecule has 0 unspecified atom stereocenters. The third-order valence-corrected chi connectivity index (χ3v) is 8.06. The van der Waals surface area contributed by atoms with Crippen molar-refractivity contribution in [2.75, 3.05) is 25.0 Å². The molecule has 7 heteroatoms. The fraction of sp³-hybridized carbons (Fsp3) is 0.435. The average molecular weight is 430 g/mol. The van der Waals surface area contributed by atoms with Gasteiger partial charge in [-0.1, -0.05) is 44.2 Å². The van der Waals surface area contributed by atoms with Crippen molar-refractivity contribution >= 4 is 21.6 Å².